The molecule has 138 valence electrons. The topological polar surface area (TPSA) is 55.4 Å². The molecule has 0 spiro atoms. The van der Waals surface area contributed by atoms with E-state index in [9.17, 15) is 9.59 Å². The summed E-state index contributed by atoms with van der Waals surface area (Å²) in [6, 6.07) is 26.9. The molecule has 0 aliphatic heterocycles. The summed E-state index contributed by atoms with van der Waals surface area (Å²) in [5, 5.41) is 6.88. The number of benzene rings is 4. The van der Waals surface area contributed by atoms with Gasteiger partial charge in [0.2, 0.25) is 0 Å². The Bertz CT molecular complexity index is 1170. The molecule has 0 aliphatic rings. The average molecular weight is 369 g/mol. The maximum Gasteiger partial charge on any atom is 0.251 e. The molecule has 4 aromatic carbocycles. The van der Waals surface area contributed by atoms with Crippen molar-refractivity contribution in [3.63, 3.8) is 0 Å². The van der Waals surface area contributed by atoms with E-state index in [0.717, 1.165) is 21.5 Å². The molecule has 1 N–H and O–H groups in total. The Morgan fingerprint density at radius 1 is 0.714 bits per heavy atom. The summed E-state index contributed by atoms with van der Waals surface area (Å²) in [7, 11) is 0. The van der Waals surface area contributed by atoms with Crippen molar-refractivity contribution in [2.45, 2.75) is 0 Å². The first-order valence-electron chi connectivity index (χ1n) is 9.09. The van der Waals surface area contributed by atoms with Crippen LogP contribution in [-0.2, 0) is 4.79 Å². The SMILES string of the molecule is O=C(CNC(=O)c1ccc2ccccc2c1)COc1ccc2ccccc2c1. The van der Waals surface area contributed by atoms with Crippen molar-refractivity contribution in [1.82, 2.24) is 5.32 Å². The van der Waals surface area contributed by atoms with E-state index < -0.39 is 0 Å². The number of Topliss-reactive ketones (excluding diaryl/α,β-unsaturated/α-hetero) is 1. The third-order valence-electron chi connectivity index (χ3n) is 4.58. The Labute approximate surface area is 162 Å². The zero-order valence-electron chi connectivity index (χ0n) is 15.2. The van der Waals surface area contributed by atoms with Gasteiger partial charge in [-0.05, 0) is 45.8 Å². The van der Waals surface area contributed by atoms with Gasteiger partial charge in [0.05, 0.1) is 6.54 Å². The predicted molar refractivity (Wildman–Crippen MR) is 111 cm³/mol. The zero-order valence-corrected chi connectivity index (χ0v) is 15.2. The van der Waals surface area contributed by atoms with E-state index >= 15 is 0 Å². The van der Waals surface area contributed by atoms with Gasteiger partial charge < -0.3 is 10.1 Å². The van der Waals surface area contributed by atoms with Crippen LogP contribution < -0.4 is 10.1 Å². The second-order valence-corrected chi connectivity index (χ2v) is 6.58. The molecule has 4 aromatic rings. The molecule has 0 aromatic heterocycles. The van der Waals surface area contributed by atoms with Gasteiger partial charge >= 0.3 is 0 Å². The van der Waals surface area contributed by atoms with E-state index in [0.29, 0.717) is 11.3 Å². The number of rotatable bonds is 6. The maximum absolute atomic E-state index is 12.3. The zero-order chi connectivity index (χ0) is 19.3. The summed E-state index contributed by atoms with van der Waals surface area (Å²) in [5.41, 5.74) is 0.530. The van der Waals surface area contributed by atoms with Crippen molar-refractivity contribution in [3.8, 4) is 5.75 Å². The molecule has 0 saturated carbocycles. The molecule has 0 aliphatic carbocycles. The van der Waals surface area contributed by atoms with E-state index in [4.69, 9.17) is 4.74 Å². The van der Waals surface area contributed by atoms with Crippen molar-refractivity contribution in [1.29, 1.82) is 0 Å². The Balaban J connectivity index is 1.32. The van der Waals surface area contributed by atoms with Crippen LogP contribution in [0.2, 0.25) is 0 Å². The minimum Gasteiger partial charge on any atom is -0.486 e. The second-order valence-electron chi connectivity index (χ2n) is 6.58. The molecule has 0 radical (unpaired) electrons. The van der Waals surface area contributed by atoms with Crippen LogP contribution in [-0.4, -0.2) is 24.8 Å². The highest BCUT2D eigenvalue weighted by Crippen LogP contribution is 2.20. The maximum atomic E-state index is 12.3. The summed E-state index contributed by atoms with van der Waals surface area (Å²) >= 11 is 0. The van der Waals surface area contributed by atoms with E-state index in [1.165, 1.54) is 0 Å². The predicted octanol–water partition coefficient (Wildman–Crippen LogP) is 4.37. The monoisotopic (exact) mass is 369 g/mol. The Morgan fingerprint density at radius 2 is 1.32 bits per heavy atom. The van der Waals surface area contributed by atoms with Crippen molar-refractivity contribution < 1.29 is 14.3 Å². The number of amides is 1. The molecule has 0 unspecified atom stereocenters. The molecule has 4 nitrogen and oxygen atoms in total. The number of hydrogen-bond acceptors (Lipinski definition) is 3. The normalized spacial score (nSPS) is 10.7. The van der Waals surface area contributed by atoms with Gasteiger partial charge in [0, 0.05) is 5.56 Å². The molecule has 0 fully saturated rings. The number of carbonyl (C=O) groups is 2. The number of nitrogens with one attached hydrogen (secondary N) is 1. The quantitative estimate of drug-likeness (QED) is 0.549. The summed E-state index contributed by atoms with van der Waals surface area (Å²) in [4.78, 5) is 24.4. The van der Waals surface area contributed by atoms with Crippen molar-refractivity contribution in [2.24, 2.45) is 0 Å². The highest BCUT2D eigenvalue weighted by molar-refractivity contribution is 6.00. The minimum atomic E-state index is -0.273. The van der Waals surface area contributed by atoms with Crippen LogP contribution in [0.3, 0.4) is 0 Å². The van der Waals surface area contributed by atoms with E-state index in [1.807, 2.05) is 78.9 Å². The van der Waals surface area contributed by atoms with Gasteiger partial charge in [-0.3, -0.25) is 9.59 Å². The highest BCUT2D eigenvalue weighted by atomic mass is 16.5. The van der Waals surface area contributed by atoms with Gasteiger partial charge in [0.1, 0.15) is 12.4 Å². The van der Waals surface area contributed by atoms with Gasteiger partial charge in [-0.15, -0.1) is 0 Å². The van der Waals surface area contributed by atoms with E-state index in [1.54, 1.807) is 6.07 Å². The van der Waals surface area contributed by atoms with Gasteiger partial charge in [-0.1, -0.05) is 60.7 Å². The fraction of sp³-hybridized carbons (Fsp3) is 0.0833. The van der Waals surface area contributed by atoms with Crippen LogP contribution >= 0.6 is 0 Å². The second kappa shape index (κ2) is 7.92. The van der Waals surface area contributed by atoms with Crippen LogP contribution in [0.25, 0.3) is 21.5 Å². The first-order valence-corrected chi connectivity index (χ1v) is 9.09. The molecular formula is C24H19NO3. The first-order chi connectivity index (χ1) is 13.7. The fourth-order valence-electron chi connectivity index (χ4n) is 3.08. The third-order valence-corrected chi connectivity index (χ3v) is 4.58. The largest absolute Gasteiger partial charge is 0.486 e. The smallest absolute Gasteiger partial charge is 0.251 e. The highest BCUT2D eigenvalue weighted by Gasteiger charge is 2.09. The Morgan fingerprint density at radius 3 is 2.04 bits per heavy atom. The summed E-state index contributed by atoms with van der Waals surface area (Å²) in [6.45, 7) is -0.157. The Kier molecular flexibility index (Phi) is 5.02. The van der Waals surface area contributed by atoms with Crippen LogP contribution in [0.4, 0.5) is 0 Å². The summed E-state index contributed by atoms with van der Waals surface area (Å²) in [5.74, 6) is 0.167. The van der Waals surface area contributed by atoms with Gasteiger partial charge in [0.25, 0.3) is 5.91 Å². The number of ketones is 1. The van der Waals surface area contributed by atoms with Crippen molar-refractivity contribution in [3.05, 3.63) is 90.5 Å². The molecule has 4 heteroatoms. The minimum absolute atomic E-state index is 0.0702. The molecule has 28 heavy (non-hydrogen) atoms. The third kappa shape index (κ3) is 4.01. The van der Waals surface area contributed by atoms with Crippen LogP contribution in [0.5, 0.6) is 5.75 Å². The van der Waals surface area contributed by atoms with Gasteiger partial charge in [0.15, 0.2) is 5.78 Å². The van der Waals surface area contributed by atoms with Crippen molar-refractivity contribution in [2.75, 3.05) is 13.2 Å². The molecule has 1 amide bonds. The standard InChI is InChI=1S/C24H19NO3/c26-22(16-28-23-12-11-18-6-2-4-8-20(18)14-23)15-25-24(27)21-10-9-17-5-1-3-7-19(17)13-21/h1-14H,15-16H2,(H,25,27). The molecule has 0 saturated heterocycles. The van der Waals surface area contributed by atoms with Crippen LogP contribution in [0.1, 0.15) is 10.4 Å². The lowest BCUT2D eigenvalue weighted by Crippen LogP contribution is -2.32. The Hall–Kier alpha value is -3.66. The molecule has 0 atom stereocenters. The lowest BCUT2D eigenvalue weighted by Gasteiger charge is -2.08. The summed E-state index contributed by atoms with van der Waals surface area (Å²) in [6.07, 6.45) is 0. The summed E-state index contributed by atoms with van der Waals surface area (Å²) < 4.78 is 5.57. The van der Waals surface area contributed by atoms with Crippen LogP contribution in [0, 0.1) is 0 Å². The number of ether oxygens (including phenoxy) is 1. The molecule has 0 heterocycles. The number of carbonyl (C=O) groups excluding carboxylic acids is 2. The fourth-order valence-corrected chi connectivity index (χ4v) is 3.08. The molecular weight excluding hydrogens is 350 g/mol. The van der Waals surface area contributed by atoms with Gasteiger partial charge in [-0.25, -0.2) is 0 Å². The number of fused-ring (bicyclic) bond motifs is 2. The van der Waals surface area contributed by atoms with Crippen molar-refractivity contribution >= 4 is 33.2 Å². The molecule has 4 rings (SSSR count). The number of hydrogen-bond donors (Lipinski definition) is 1. The van der Waals surface area contributed by atoms with E-state index in [-0.39, 0.29) is 24.8 Å². The van der Waals surface area contributed by atoms with Gasteiger partial charge in [-0.2, -0.15) is 0 Å². The van der Waals surface area contributed by atoms with E-state index in [2.05, 4.69) is 5.32 Å². The van der Waals surface area contributed by atoms with Crippen LogP contribution in [0.15, 0.2) is 84.9 Å². The molecule has 0 bridgehead atoms. The lowest BCUT2D eigenvalue weighted by molar-refractivity contribution is -0.120. The average Bonchev–Trinajstić information content (AvgIpc) is 2.75. The lowest BCUT2D eigenvalue weighted by atomic mass is 10.1. The first kappa shape index (κ1) is 17.7.